The largest absolute Gasteiger partial charge is 0.395 e. The van der Waals surface area contributed by atoms with Crippen LogP contribution in [0.5, 0.6) is 0 Å². The normalized spacial score (nSPS) is 10.5. The fourth-order valence-corrected chi connectivity index (χ4v) is 2.25. The summed E-state index contributed by atoms with van der Waals surface area (Å²) in [7, 11) is 1.74. The molecule has 1 amide bonds. The zero-order valence-corrected chi connectivity index (χ0v) is 10.5. The van der Waals surface area contributed by atoms with E-state index in [2.05, 4.69) is 10.2 Å². The first-order chi connectivity index (χ1) is 8.09. The van der Waals surface area contributed by atoms with Gasteiger partial charge in [0.05, 0.1) is 17.9 Å². The summed E-state index contributed by atoms with van der Waals surface area (Å²) in [6.07, 6.45) is 0. The molecule has 2 rings (SSSR count). The average molecular weight is 250 g/mol. The Hall–Kier alpha value is -1.82. The maximum Gasteiger partial charge on any atom is 0.276 e. The van der Waals surface area contributed by atoms with Gasteiger partial charge < -0.3 is 10.6 Å². The third-order valence-corrected chi connectivity index (χ3v) is 3.38. The molecule has 2 aromatic rings. The number of H-pyrrole nitrogens is 1. The van der Waals surface area contributed by atoms with Crippen LogP contribution >= 0.6 is 11.3 Å². The molecule has 6 heteroatoms. The molecule has 0 aliphatic carbocycles. The van der Waals surface area contributed by atoms with Crippen molar-refractivity contribution in [3.8, 4) is 0 Å². The van der Waals surface area contributed by atoms with E-state index in [9.17, 15) is 4.79 Å². The highest BCUT2D eigenvalue weighted by Gasteiger charge is 2.19. The van der Waals surface area contributed by atoms with Gasteiger partial charge in [0, 0.05) is 11.9 Å². The number of carbonyl (C=O) groups excluding carboxylic acids is 1. The molecule has 0 aromatic carbocycles. The molecule has 90 valence electrons. The quantitative estimate of drug-likeness (QED) is 0.869. The minimum absolute atomic E-state index is 0.166. The lowest BCUT2D eigenvalue weighted by atomic mass is 10.3. The number of nitrogens with one attached hydrogen (secondary N) is 1. The first-order valence-electron chi connectivity index (χ1n) is 5.18. The Labute approximate surface area is 103 Å². The predicted molar refractivity (Wildman–Crippen MR) is 67.9 cm³/mol. The van der Waals surface area contributed by atoms with Crippen molar-refractivity contribution in [2.24, 2.45) is 0 Å². The molecule has 0 bridgehead atoms. The molecule has 0 saturated heterocycles. The van der Waals surface area contributed by atoms with Crippen molar-refractivity contribution in [3.05, 3.63) is 33.8 Å². The average Bonchev–Trinajstić information content (AvgIpc) is 2.90. The number of aromatic amines is 1. The lowest BCUT2D eigenvalue weighted by molar-refractivity contribution is 0.0781. The molecule has 5 nitrogen and oxygen atoms in total. The van der Waals surface area contributed by atoms with Crippen LogP contribution in [-0.4, -0.2) is 28.1 Å². The van der Waals surface area contributed by atoms with Gasteiger partial charge in [-0.05, 0) is 18.4 Å². The summed E-state index contributed by atoms with van der Waals surface area (Å²) in [5, 5.41) is 8.63. The Morgan fingerprint density at radius 3 is 2.94 bits per heavy atom. The van der Waals surface area contributed by atoms with Crippen molar-refractivity contribution < 1.29 is 4.79 Å². The van der Waals surface area contributed by atoms with Crippen LogP contribution < -0.4 is 5.73 Å². The van der Waals surface area contributed by atoms with Gasteiger partial charge in [0.1, 0.15) is 0 Å². The van der Waals surface area contributed by atoms with Gasteiger partial charge in [-0.3, -0.25) is 9.89 Å². The van der Waals surface area contributed by atoms with Crippen LogP contribution in [0, 0.1) is 6.92 Å². The predicted octanol–water partition coefficient (Wildman–Crippen LogP) is 1.63. The Bertz CT molecular complexity index is 518. The molecule has 2 heterocycles. The van der Waals surface area contributed by atoms with Gasteiger partial charge in [0.15, 0.2) is 5.69 Å². The van der Waals surface area contributed by atoms with E-state index >= 15 is 0 Å². The van der Waals surface area contributed by atoms with Gasteiger partial charge >= 0.3 is 0 Å². The summed E-state index contributed by atoms with van der Waals surface area (Å²) >= 11 is 1.62. The second kappa shape index (κ2) is 4.58. The minimum Gasteiger partial charge on any atom is -0.395 e. The standard InChI is InChI=1S/C11H14N4OS/c1-7-9(12)10(14-13-7)11(16)15(2)6-8-4-3-5-17-8/h3-5H,6,12H2,1-2H3,(H,13,14). The third kappa shape index (κ3) is 2.31. The van der Waals surface area contributed by atoms with Crippen LogP contribution in [0.25, 0.3) is 0 Å². The molecule has 0 radical (unpaired) electrons. The smallest absolute Gasteiger partial charge is 0.276 e. The number of anilines is 1. The van der Waals surface area contributed by atoms with Crippen molar-refractivity contribution in [1.82, 2.24) is 15.1 Å². The van der Waals surface area contributed by atoms with E-state index in [4.69, 9.17) is 5.73 Å². The molecular formula is C11H14N4OS. The van der Waals surface area contributed by atoms with E-state index < -0.39 is 0 Å². The number of hydrogen-bond donors (Lipinski definition) is 2. The summed E-state index contributed by atoms with van der Waals surface area (Å²) < 4.78 is 0. The second-order valence-corrected chi connectivity index (χ2v) is 4.88. The van der Waals surface area contributed by atoms with Gasteiger partial charge in [0.25, 0.3) is 5.91 Å². The molecular weight excluding hydrogens is 236 g/mol. The highest BCUT2D eigenvalue weighted by atomic mass is 32.1. The molecule has 0 saturated carbocycles. The Balaban J connectivity index is 2.12. The number of aromatic nitrogens is 2. The maximum absolute atomic E-state index is 12.1. The monoisotopic (exact) mass is 250 g/mol. The van der Waals surface area contributed by atoms with Crippen molar-refractivity contribution in [2.45, 2.75) is 13.5 Å². The molecule has 0 aliphatic rings. The summed E-state index contributed by atoms with van der Waals surface area (Å²) in [5.74, 6) is -0.166. The molecule has 0 atom stereocenters. The molecule has 3 N–H and O–H groups in total. The van der Waals surface area contributed by atoms with E-state index in [1.165, 1.54) is 0 Å². The number of thiophene rings is 1. The third-order valence-electron chi connectivity index (χ3n) is 2.52. The van der Waals surface area contributed by atoms with Gasteiger partial charge in [-0.15, -0.1) is 11.3 Å². The number of rotatable bonds is 3. The van der Waals surface area contributed by atoms with E-state index in [0.717, 1.165) is 10.6 Å². The first kappa shape index (κ1) is 11.7. The van der Waals surface area contributed by atoms with E-state index in [1.54, 1.807) is 30.2 Å². The topological polar surface area (TPSA) is 75.0 Å². The van der Waals surface area contributed by atoms with Gasteiger partial charge in [-0.2, -0.15) is 5.10 Å². The number of hydrogen-bond acceptors (Lipinski definition) is 4. The summed E-state index contributed by atoms with van der Waals surface area (Å²) in [6.45, 7) is 2.36. The van der Waals surface area contributed by atoms with Gasteiger partial charge in [-0.25, -0.2) is 0 Å². The zero-order chi connectivity index (χ0) is 12.4. The minimum atomic E-state index is -0.166. The second-order valence-electron chi connectivity index (χ2n) is 3.85. The van der Waals surface area contributed by atoms with Crippen molar-refractivity contribution >= 4 is 22.9 Å². The summed E-state index contributed by atoms with van der Waals surface area (Å²) in [6, 6.07) is 3.96. The molecule has 0 unspecified atom stereocenters. The zero-order valence-electron chi connectivity index (χ0n) is 9.73. The maximum atomic E-state index is 12.1. The molecule has 17 heavy (non-hydrogen) atoms. The van der Waals surface area contributed by atoms with E-state index in [1.807, 2.05) is 17.5 Å². The van der Waals surface area contributed by atoms with Crippen LogP contribution in [0.1, 0.15) is 21.1 Å². The number of nitrogen functional groups attached to an aromatic ring is 1. The lowest BCUT2D eigenvalue weighted by Crippen LogP contribution is -2.26. The number of aryl methyl sites for hydroxylation is 1. The van der Waals surface area contributed by atoms with Crippen LogP contribution in [0.2, 0.25) is 0 Å². The number of nitrogens with two attached hydrogens (primary N) is 1. The number of nitrogens with zero attached hydrogens (tertiary/aromatic N) is 2. The van der Waals surface area contributed by atoms with Crippen LogP contribution in [0.4, 0.5) is 5.69 Å². The fourth-order valence-electron chi connectivity index (χ4n) is 1.49. The molecule has 2 aromatic heterocycles. The van der Waals surface area contributed by atoms with Crippen molar-refractivity contribution in [3.63, 3.8) is 0 Å². The van der Waals surface area contributed by atoms with E-state index in [-0.39, 0.29) is 5.91 Å². The SMILES string of the molecule is Cc1[nH]nc(C(=O)N(C)Cc2cccs2)c1N. The first-order valence-corrected chi connectivity index (χ1v) is 6.06. The molecule has 0 fully saturated rings. The Morgan fingerprint density at radius 2 is 2.41 bits per heavy atom. The van der Waals surface area contributed by atoms with Crippen molar-refractivity contribution in [2.75, 3.05) is 12.8 Å². The van der Waals surface area contributed by atoms with Crippen LogP contribution in [-0.2, 0) is 6.54 Å². The highest BCUT2D eigenvalue weighted by Crippen LogP contribution is 2.17. The highest BCUT2D eigenvalue weighted by molar-refractivity contribution is 7.09. The number of carbonyl (C=O) groups is 1. The van der Waals surface area contributed by atoms with Crippen LogP contribution in [0.3, 0.4) is 0 Å². The fraction of sp³-hybridized carbons (Fsp3) is 0.273. The molecule has 0 spiro atoms. The molecule has 0 aliphatic heterocycles. The van der Waals surface area contributed by atoms with Gasteiger partial charge in [-0.1, -0.05) is 6.07 Å². The van der Waals surface area contributed by atoms with Crippen LogP contribution in [0.15, 0.2) is 17.5 Å². The van der Waals surface area contributed by atoms with E-state index in [0.29, 0.717) is 17.9 Å². The van der Waals surface area contributed by atoms with Gasteiger partial charge in [0.2, 0.25) is 0 Å². The van der Waals surface area contributed by atoms with Crippen molar-refractivity contribution in [1.29, 1.82) is 0 Å². The Kier molecular flexibility index (Phi) is 3.14. The lowest BCUT2D eigenvalue weighted by Gasteiger charge is -2.14. The summed E-state index contributed by atoms with van der Waals surface area (Å²) in [4.78, 5) is 14.8. The summed E-state index contributed by atoms with van der Waals surface area (Å²) in [5.41, 5.74) is 7.21. The number of amides is 1. The Morgan fingerprint density at radius 1 is 1.65 bits per heavy atom.